The Kier molecular flexibility index (Phi) is 5.11. The first-order valence-electron chi connectivity index (χ1n) is 10.6. The summed E-state index contributed by atoms with van der Waals surface area (Å²) < 4.78 is 0. The van der Waals surface area contributed by atoms with E-state index in [0.29, 0.717) is 0 Å². The molecule has 5 rings (SSSR count). The molecule has 0 bridgehead atoms. The molecule has 1 aliphatic rings. The van der Waals surface area contributed by atoms with E-state index in [2.05, 4.69) is 75.3 Å². The van der Waals surface area contributed by atoms with E-state index in [9.17, 15) is 5.11 Å². The molecule has 2 heterocycles. The number of aromatic amines is 1. The van der Waals surface area contributed by atoms with E-state index >= 15 is 0 Å². The zero-order valence-electron chi connectivity index (χ0n) is 16.9. The Morgan fingerprint density at radius 2 is 1.87 bits per heavy atom. The Morgan fingerprint density at radius 1 is 1.03 bits per heavy atom. The highest BCUT2D eigenvalue weighted by atomic mass is 16.3. The summed E-state index contributed by atoms with van der Waals surface area (Å²) in [6, 6.07) is 18.8. The molecule has 0 fully saturated rings. The molecule has 4 N–H and O–H groups in total. The number of benzene rings is 2. The standard InChI is InChI=1S/C25H26N4O/c30-24-7-3-5-21-23(13-15-27-25(21)24)29-19-10-8-18(9-11-19)26-14-12-17-16-28-22-6-2-1-4-20(17)22/h1-2,4,6,8-11,13,15-16,24,26,28,30H,3,5,7,12,14H2,(H,27,29). The first kappa shape index (κ1) is 18.7. The van der Waals surface area contributed by atoms with E-state index < -0.39 is 6.10 Å². The fourth-order valence-corrected chi connectivity index (χ4v) is 4.29. The summed E-state index contributed by atoms with van der Waals surface area (Å²) in [6.07, 6.45) is 7.14. The fourth-order valence-electron chi connectivity index (χ4n) is 4.29. The van der Waals surface area contributed by atoms with Gasteiger partial charge in [-0.1, -0.05) is 18.2 Å². The van der Waals surface area contributed by atoms with E-state index in [4.69, 9.17) is 0 Å². The number of hydrogen-bond donors (Lipinski definition) is 4. The van der Waals surface area contributed by atoms with Crippen LogP contribution in [-0.2, 0) is 12.8 Å². The molecule has 30 heavy (non-hydrogen) atoms. The van der Waals surface area contributed by atoms with E-state index in [1.807, 2.05) is 6.07 Å². The molecule has 0 spiro atoms. The number of anilines is 3. The SMILES string of the molecule is OC1CCCc2c(Nc3ccc(NCCc4c[nH]c5ccccc45)cc3)ccnc21. The van der Waals surface area contributed by atoms with Crippen molar-refractivity contribution in [3.63, 3.8) is 0 Å². The van der Waals surface area contributed by atoms with Crippen LogP contribution in [0.15, 0.2) is 67.0 Å². The third kappa shape index (κ3) is 3.76. The number of aliphatic hydroxyl groups excluding tert-OH is 1. The summed E-state index contributed by atoms with van der Waals surface area (Å²) in [5.41, 5.74) is 7.66. The lowest BCUT2D eigenvalue weighted by molar-refractivity contribution is 0.151. The molecule has 0 saturated carbocycles. The van der Waals surface area contributed by atoms with Gasteiger partial charge in [-0.3, -0.25) is 4.98 Å². The number of para-hydroxylation sites is 1. The minimum Gasteiger partial charge on any atom is -0.387 e. The molecule has 0 saturated heterocycles. The molecule has 2 aromatic heterocycles. The van der Waals surface area contributed by atoms with Crippen LogP contribution in [0.1, 0.15) is 35.8 Å². The lowest BCUT2D eigenvalue weighted by atomic mass is 9.92. The van der Waals surface area contributed by atoms with Crippen molar-refractivity contribution in [1.82, 2.24) is 9.97 Å². The van der Waals surface area contributed by atoms with Gasteiger partial charge in [0.25, 0.3) is 0 Å². The molecule has 0 amide bonds. The van der Waals surface area contributed by atoms with Crippen LogP contribution in [0.2, 0.25) is 0 Å². The molecule has 0 aliphatic heterocycles. The summed E-state index contributed by atoms with van der Waals surface area (Å²) in [7, 11) is 0. The Morgan fingerprint density at radius 3 is 2.77 bits per heavy atom. The monoisotopic (exact) mass is 398 g/mol. The number of H-pyrrole nitrogens is 1. The van der Waals surface area contributed by atoms with Gasteiger partial charge in [-0.2, -0.15) is 0 Å². The molecule has 1 unspecified atom stereocenters. The maximum absolute atomic E-state index is 10.2. The number of pyridine rings is 1. The minimum absolute atomic E-state index is 0.445. The number of hydrogen-bond acceptors (Lipinski definition) is 4. The van der Waals surface area contributed by atoms with Crippen molar-refractivity contribution in [2.75, 3.05) is 17.2 Å². The summed E-state index contributed by atoms with van der Waals surface area (Å²) in [6.45, 7) is 0.879. The summed E-state index contributed by atoms with van der Waals surface area (Å²) in [4.78, 5) is 7.72. The molecule has 2 aromatic carbocycles. The number of nitrogens with zero attached hydrogens (tertiary/aromatic N) is 1. The number of nitrogens with one attached hydrogen (secondary N) is 3. The van der Waals surface area contributed by atoms with Crippen LogP contribution in [0.3, 0.4) is 0 Å². The average Bonchev–Trinajstić information content (AvgIpc) is 3.19. The maximum atomic E-state index is 10.2. The topological polar surface area (TPSA) is 73.0 Å². The lowest BCUT2D eigenvalue weighted by Crippen LogP contribution is -2.13. The van der Waals surface area contributed by atoms with Crippen LogP contribution >= 0.6 is 0 Å². The first-order chi connectivity index (χ1) is 14.8. The average molecular weight is 399 g/mol. The Labute approximate surface area is 176 Å². The van der Waals surface area contributed by atoms with Gasteiger partial charge >= 0.3 is 0 Å². The van der Waals surface area contributed by atoms with Gasteiger partial charge in [-0.15, -0.1) is 0 Å². The van der Waals surface area contributed by atoms with Crippen LogP contribution in [0.5, 0.6) is 0 Å². The zero-order chi connectivity index (χ0) is 20.3. The quantitative estimate of drug-likeness (QED) is 0.354. The zero-order valence-corrected chi connectivity index (χ0v) is 16.9. The second-order valence-corrected chi connectivity index (χ2v) is 7.87. The third-order valence-corrected chi connectivity index (χ3v) is 5.87. The van der Waals surface area contributed by atoms with Crippen LogP contribution in [-0.4, -0.2) is 21.6 Å². The van der Waals surface area contributed by atoms with E-state index in [0.717, 1.165) is 60.5 Å². The van der Waals surface area contributed by atoms with Crippen molar-refractivity contribution in [1.29, 1.82) is 0 Å². The molecule has 5 nitrogen and oxygen atoms in total. The van der Waals surface area contributed by atoms with E-state index in [1.54, 1.807) is 6.20 Å². The smallest absolute Gasteiger partial charge is 0.0963 e. The Balaban J connectivity index is 1.22. The van der Waals surface area contributed by atoms with Gasteiger partial charge in [0.1, 0.15) is 0 Å². The molecule has 152 valence electrons. The highest BCUT2D eigenvalue weighted by Gasteiger charge is 2.21. The molecular formula is C25H26N4O. The Hall–Kier alpha value is -3.31. The van der Waals surface area contributed by atoms with Crippen LogP contribution < -0.4 is 10.6 Å². The summed E-state index contributed by atoms with van der Waals surface area (Å²) in [5.74, 6) is 0. The number of aromatic nitrogens is 2. The van der Waals surface area contributed by atoms with Gasteiger partial charge in [0, 0.05) is 46.9 Å². The van der Waals surface area contributed by atoms with Crippen molar-refractivity contribution in [2.24, 2.45) is 0 Å². The molecular weight excluding hydrogens is 372 g/mol. The first-order valence-corrected chi connectivity index (χ1v) is 10.6. The van der Waals surface area contributed by atoms with Crippen LogP contribution in [0.25, 0.3) is 10.9 Å². The number of fused-ring (bicyclic) bond motifs is 2. The lowest BCUT2D eigenvalue weighted by Gasteiger charge is -2.23. The largest absolute Gasteiger partial charge is 0.387 e. The summed E-state index contributed by atoms with van der Waals surface area (Å²) in [5, 5.41) is 18.5. The molecule has 0 radical (unpaired) electrons. The van der Waals surface area contributed by atoms with Gasteiger partial charge in [0.05, 0.1) is 11.8 Å². The number of rotatable bonds is 6. The van der Waals surface area contributed by atoms with Gasteiger partial charge in [0.15, 0.2) is 0 Å². The van der Waals surface area contributed by atoms with Crippen LogP contribution in [0, 0.1) is 0 Å². The normalized spacial score (nSPS) is 15.7. The minimum atomic E-state index is -0.445. The maximum Gasteiger partial charge on any atom is 0.0963 e. The van der Waals surface area contributed by atoms with Crippen molar-refractivity contribution in [3.05, 3.63) is 83.8 Å². The molecule has 1 aliphatic carbocycles. The Bertz CT molecular complexity index is 1150. The highest BCUT2D eigenvalue weighted by Crippen LogP contribution is 2.33. The predicted molar refractivity (Wildman–Crippen MR) is 122 cm³/mol. The van der Waals surface area contributed by atoms with Crippen LogP contribution in [0.4, 0.5) is 17.1 Å². The van der Waals surface area contributed by atoms with E-state index in [-0.39, 0.29) is 0 Å². The van der Waals surface area contributed by atoms with Gasteiger partial charge in [0.2, 0.25) is 0 Å². The van der Waals surface area contributed by atoms with Crippen molar-refractivity contribution < 1.29 is 5.11 Å². The molecule has 4 aromatic rings. The highest BCUT2D eigenvalue weighted by molar-refractivity contribution is 5.83. The third-order valence-electron chi connectivity index (χ3n) is 5.87. The molecule has 1 atom stereocenters. The second-order valence-electron chi connectivity index (χ2n) is 7.87. The second kappa shape index (κ2) is 8.20. The van der Waals surface area contributed by atoms with Crippen molar-refractivity contribution in [2.45, 2.75) is 31.8 Å². The van der Waals surface area contributed by atoms with Gasteiger partial charge in [-0.25, -0.2) is 0 Å². The summed E-state index contributed by atoms with van der Waals surface area (Å²) >= 11 is 0. The predicted octanol–water partition coefficient (Wildman–Crippen LogP) is 5.33. The van der Waals surface area contributed by atoms with Crippen molar-refractivity contribution >= 4 is 28.0 Å². The number of aliphatic hydroxyl groups is 1. The van der Waals surface area contributed by atoms with E-state index in [1.165, 1.54) is 16.5 Å². The van der Waals surface area contributed by atoms with Gasteiger partial charge in [-0.05, 0) is 73.2 Å². The van der Waals surface area contributed by atoms with Gasteiger partial charge < -0.3 is 20.7 Å². The van der Waals surface area contributed by atoms with Crippen molar-refractivity contribution in [3.8, 4) is 0 Å². The molecule has 5 heteroatoms. The fraction of sp³-hybridized carbons (Fsp3) is 0.240.